The number of fused-ring (bicyclic) bond motifs is 1. The van der Waals surface area contributed by atoms with Gasteiger partial charge in [-0.3, -0.25) is 4.98 Å². The maximum absolute atomic E-state index is 4.66. The van der Waals surface area contributed by atoms with Crippen LogP contribution in [-0.2, 0) is 0 Å². The number of benzene rings is 1. The summed E-state index contributed by atoms with van der Waals surface area (Å²) in [5.41, 5.74) is 1.92. The number of anilines is 1. The number of rotatable bonds is 3. The standard InChI is InChI=1S/C14H16BrN3/c1-18(9-10-6-11(15)7-10)14-8-16-12-4-2-3-5-13(12)17-14/h2-5,8,10-11H,6-7,9H2,1H3. The van der Waals surface area contributed by atoms with Gasteiger partial charge in [0.25, 0.3) is 0 Å². The van der Waals surface area contributed by atoms with Crippen molar-refractivity contribution in [1.82, 2.24) is 9.97 Å². The molecule has 4 heteroatoms. The molecule has 1 aliphatic rings. The molecule has 3 nitrogen and oxygen atoms in total. The largest absolute Gasteiger partial charge is 0.358 e. The molecule has 1 aliphatic carbocycles. The Hall–Kier alpha value is -1.16. The van der Waals surface area contributed by atoms with Crippen LogP contribution in [0.1, 0.15) is 12.8 Å². The number of alkyl halides is 1. The second kappa shape index (κ2) is 4.84. The zero-order chi connectivity index (χ0) is 12.5. The fourth-order valence-corrected chi connectivity index (χ4v) is 3.47. The molecule has 0 radical (unpaired) electrons. The predicted molar refractivity (Wildman–Crippen MR) is 78.2 cm³/mol. The number of nitrogens with zero attached hydrogens (tertiary/aromatic N) is 3. The van der Waals surface area contributed by atoms with Gasteiger partial charge in [0.2, 0.25) is 0 Å². The van der Waals surface area contributed by atoms with Gasteiger partial charge in [-0.2, -0.15) is 0 Å². The molecule has 1 aromatic heterocycles. The number of aromatic nitrogens is 2. The van der Waals surface area contributed by atoms with Crippen LogP contribution in [0.4, 0.5) is 5.82 Å². The summed E-state index contributed by atoms with van der Waals surface area (Å²) in [6, 6.07) is 8.00. The average molecular weight is 306 g/mol. The van der Waals surface area contributed by atoms with E-state index in [2.05, 4.69) is 37.8 Å². The molecule has 0 aliphatic heterocycles. The van der Waals surface area contributed by atoms with E-state index in [0.717, 1.165) is 34.1 Å². The minimum atomic E-state index is 0.721. The van der Waals surface area contributed by atoms with E-state index in [4.69, 9.17) is 0 Å². The molecule has 0 N–H and O–H groups in total. The first-order valence-corrected chi connectivity index (χ1v) is 7.21. The van der Waals surface area contributed by atoms with Crippen LogP contribution in [0.3, 0.4) is 0 Å². The Labute approximate surface area is 115 Å². The highest BCUT2D eigenvalue weighted by Crippen LogP contribution is 2.34. The van der Waals surface area contributed by atoms with Crippen LogP contribution in [0.15, 0.2) is 30.5 Å². The quantitative estimate of drug-likeness (QED) is 0.815. The normalized spacial score (nSPS) is 22.8. The maximum Gasteiger partial charge on any atom is 0.147 e. The molecule has 0 amide bonds. The molecule has 3 rings (SSSR count). The van der Waals surface area contributed by atoms with Crippen molar-refractivity contribution in [2.75, 3.05) is 18.5 Å². The van der Waals surface area contributed by atoms with Crippen molar-refractivity contribution in [2.45, 2.75) is 17.7 Å². The van der Waals surface area contributed by atoms with Crippen molar-refractivity contribution in [3.05, 3.63) is 30.5 Å². The maximum atomic E-state index is 4.66. The Balaban J connectivity index is 1.76. The van der Waals surface area contributed by atoms with Gasteiger partial charge in [-0.1, -0.05) is 28.1 Å². The van der Waals surface area contributed by atoms with Gasteiger partial charge in [0.05, 0.1) is 17.2 Å². The fraction of sp³-hybridized carbons (Fsp3) is 0.429. The summed E-state index contributed by atoms with van der Waals surface area (Å²) < 4.78 is 0. The molecule has 0 unspecified atom stereocenters. The van der Waals surface area contributed by atoms with Crippen molar-refractivity contribution in [1.29, 1.82) is 0 Å². The highest BCUT2D eigenvalue weighted by atomic mass is 79.9. The second-order valence-corrected chi connectivity index (χ2v) is 6.33. The molecule has 1 fully saturated rings. The molecule has 0 spiro atoms. The van der Waals surface area contributed by atoms with E-state index < -0.39 is 0 Å². The van der Waals surface area contributed by atoms with E-state index in [-0.39, 0.29) is 0 Å². The van der Waals surface area contributed by atoms with E-state index in [0.29, 0.717) is 0 Å². The Kier molecular flexibility index (Phi) is 3.20. The third-order valence-corrected chi connectivity index (χ3v) is 4.28. The Morgan fingerprint density at radius 1 is 1.28 bits per heavy atom. The lowest BCUT2D eigenvalue weighted by atomic mass is 9.85. The zero-order valence-electron chi connectivity index (χ0n) is 10.4. The lowest BCUT2D eigenvalue weighted by molar-refractivity contribution is 0.338. The lowest BCUT2D eigenvalue weighted by Crippen LogP contribution is -2.35. The Morgan fingerprint density at radius 3 is 2.72 bits per heavy atom. The van der Waals surface area contributed by atoms with Crippen molar-refractivity contribution >= 4 is 32.8 Å². The molecule has 1 heterocycles. The van der Waals surface area contributed by atoms with E-state index in [1.807, 2.05) is 30.5 Å². The van der Waals surface area contributed by atoms with Crippen LogP contribution in [0, 0.1) is 5.92 Å². The molecular formula is C14H16BrN3. The number of hydrogen-bond acceptors (Lipinski definition) is 3. The minimum absolute atomic E-state index is 0.721. The molecule has 94 valence electrons. The summed E-state index contributed by atoms with van der Waals surface area (Å²) in [5, 5.41) is 0. The smallest absolute Gasteiger partial charge is 0.147 e. The molecule has 1 saturated carbocycles. The third kappa shape index (κ3) is 2.34. The number of halogens is 1. The van der Waals surface area contributed by atoms with Crippen LogP contribution in [0.5, 0.6) is 0 Å². The monoisotopic (exact) mass is 305 g/mol. The summed E-state index contributed by atoms with van der Waals surface area (Å²) in [5.74, 6) is 1.75. The van der Waals surface area contributed by atoms with Gasteiger partial charge in [-0.05, 0) is 30.9 Å². The van der Waals surface area contributed by atoms with Crippen molar-refractivity contribution in [2.24, 2.45) is 5.92 Å². The molecule has 0 saturated heterocycles. The van der Waals surface area contributed by atoms with Crippen LogP contribution >= 0.6 is 15.9 Å². The van der Waals surface area contributed by atoms with Crippen molar-refractivity contribution in [3.63, 3.8) is 0 Å². The van der Waals surface area contributed by atoms with Crippen molar-refractivity contribution in [3.8, 4) is 0 Å². The first kappa shape index (κ1) is 11.9. The lowest BCUT2D eigenvalue weighted by Gasteiger charge is -2.34. The summed E-state index contributed by atoms with van der Waals surface area (Å²) in [6.45, 7) is 1.06. The third-order valence-electron chi connectivity index (χ3n) is 3.54. The Morgan fingerprint density at radius 2 is 2.00 bits per heavy atom. The van der Waals surface area contributed by atoms with Gasteiger partial charge >= 0.3 is 0 Å². The van der Waals surface area contributed by atoms with E-state index >= 15 is 0 Å². The summed E-state index contributed by atoms with van der Waals surface area (Å²) in [7, 11) is 2.10. The second-order valence-electron chi connectivity index (χ2n) is 5.03. The van der Waals surface area contributed by atoms with Gasteiger partial charge in [-0.25, -0.2) is 4.98 Å². The molecule has 2 aromatic rings. The molecule has 0 atom stereocenters. The Bertz CT molecular complexity index is 551. The first-order chi connectivity index (χ1) is 8.72. The highest BCUT2D eigenvalue weighted by molar-refractivity contribution is 9.09. The molecule has 0 bridgehead atoms. The van der Waals surface area contributed by atoms with E-state index in [1.165, 1.54) is 12.8 Å². The zero-order valence-corrected chi connectivity index (χ0v) is 12.0. The SMILES string of the molecule is CN(CC1CC(Br)C1)c1cnc2ccccc2n1. The van der Waals surface area contributed by atoms with Gasteiger partial charge in [0.1, 0.15) is 5.82 Å². The van der Waals surface area contributed by atoms with Gasteiger partial charge in [0, 0.05) is 18.4 Å². The van der Waals surface area contributed by atoms with Gasteiger partial charge < -0.3 is 4.90 Å². The van der Waals surface area contributed by atoms with Gasteiger partial charge in [0.15, 0.2) is 0 Å². The summed E-state index contributed by atoms with van der Waals surface area (Å²) >= 11 is 3.63. The average Bonchev–Trinajstić information content (AvgIpc) is 2.36. The van der Waals surface area contributed by atoms with E-state index in [9.17, 15) is 0 Å². The van der Waals surface area contributed by atoms with Crippen LogP contribution < -0.4 is 4.90 Å². The number of hydrogen-bond donors (Lipinski definition) is 0. The minimum Gasteiger partial charge on any atom is -0.358 e. The van der Waals surface area contributed by atoms with Crippen LogP contribution in [0.2, 0.25) is 0 Å². The molecular weight excluding hydrogens is 290 g/mol. The van der Waals surface area contributed by atoms with Crippen LogP contribution in [-0.4, -0.2) is 28.4 Å². The first-order valence-electron chi connectivity index (χ1n) is 6.29. The van der Waals surface area contributed by atoms with E-state index in [1.54, 1.807) is 0 Å². The van der Waals surface area contributed by atoms with Crippen molar-refractivity contribution < 1.29 is 0 Å². The van der Waals surface area contributed by atoms with Gasteiger partial charge in [-0.15, -0.1) is 0 Å². The molecule has 18 heavy (non-hydrogen) atoms. The fourth-order valence-electron chi connectivity index (χ4n) is 2.42. The predicted octanol–water partition coefficient (Wildman–Crippen LogP) is 3.24. The number of para-hydroxylation sites is 2. The molecule has 1 aromatic carbocycles. The summed E-state index contributed by atoms with van der Waals surface area (Å²) in [4.78, 5) is 12.0. The topological polar surface area (TPSA) is 29.0 Å². The highest BCUT2D eigenvalue weighted by Gasteiger charge is 2.27. The summed E-state index contributed by atoms with van der Waals surface area (Å²) in [6.07, 6.45) is 4.41. The van der Waals surface area contributed by atoms with Crippen LogP contribution in [0.25, 0.3) is 11.0 Å².